The third-order valence-corrected chi connectivity index (χ3v) is 4.40. The molecule has 0 unspecified atom stereocenters. The molecule has 21 heavy (non-hydrogen) atoms. The maximum absolute atomic E-state index is 9.87. The molecule has 0 atom stereocenters. The van der Waals surface area contributed by atoms with Crippen LogP contribution in [0, 0.1) is 6.92 Å². The molecule has 0 spiro atoms. The Bertz CT molecular complexity index is 605. The van der Waals surface area contributed by atoms with Crippen LogP contribution in [0.15, 0.2) is 42.5 Å². The fraction of sp³-hybridized carbons (Fsp3) is 0.294. The molecule has 2 rings (SSSR count). The van der Waals surface area contributed by atoms with Gasteiger partial charge >= 0.3 is 0 Å². The SMILES string of the molecule is Cc1ccc(CC(CO)(CO)c2ccc(Cl)cc2)c(Cl)c1. The van der Waals surface area contributed by atoms with Crippen LogP contribution in [0.1, 0.15) is 16.7 Å². The molecule has 0 aromatic heterocycles. The maximum Gasteiger partial charge on any atom is 0.0553 e. The zero-order valence-corrected chi connectivity index (χ0v) is 13.3. The molecular formula is C17H18Cl2O2. The minimum atomic E-state index is -0.774. The Morgan fingerprint density at radius 1 is 0.952 bits per heavy atom. The van der Waals surface area contributed by atoms with E-state index in [-0.39, 0.29) is 13.2 Å². The smallest absolute Gasteiger partial charge is 0.0553 e. The molecule has 0 aliphatic heterocycles. The molecule has 2 N–H and O–H groups in total. The molecule has 0 heterocycles. The van der Waals surface area contributed by atoms with Crippen LogP contribution in [-0.4, -0.2) is 23.4 Å². The number of aliphatic hydroxyl groups is 2. The van der Waals surface area contributed by atoms with E-state index in [1.54, 1.807) is 12.1 Å². The first-order valence-electron chi connectivity index (χ1n) is 6.73. The summed E-state index contributed by atoms with van der Waals surface area (Å²) in [4.78, 5) is 0. The number of rotatable bonds is 5. The number of benzene rings is 2. The number of hydrogen-bond donors (Lipinski definition) is 2. The molecule has 4 heteroatoms. The third kappa shape index (κ3) is 3.58. The van der Waals surface area contributed by atoms with Crippen LogP contribution in [0.5, 0.6) is 0 Å². The van der Waals surface area contributed by atoms with Gasteiger partial charge in [0.15, 0.2) is 0 Å². The summed E-state index contributed by atoms with van der Waals surface area (Å²) in [6, 6.07) is 13.0. The molecule has 0 saturated carbocycles. The summed E-state index contributed by atoms with van der Waals surface area (Å²) in [7, 11) is 0. The Labute approximate surface area is 135 Å². The standard InChI is InChI=1S/C17H18Cl2O2/c1-12-2-3-13(16(19)8-12)9-17(10-20,11-21)14-4-6-15(18)7-5-14/h2-8,20-21H,9-11H2,1H3. The first-order valence-corrected chi connectivity index (χ1v) is 7.49. The van der Waals surface area contributed by atoms with E-state index in [1.165, 1.54) is 0 Å². The van der Waals surface area contributed by atoms with E-state index in [0.29, 0.717) is 16.5 Å². The van der Waals surface area contributed by atoms with Gasteiger partial charge in [-0.05, 0) is 48.2 Å². The highest BCUT2D eigenvalue weighted by atomic mass is 35.5. The zero-order valence-electron chi connectivity index (χ0n) is 11.8. The van der Waals surface area contributed by atoms with Gasteiger partial charge in [-0.2, -0.15) is 0 Å². The lowest BCUT2D eigenvalue weighted by Gasteiger charge is -2.31. The second kappa shape index (κ2) is 6.80. The normalized spacial score (nSPS) is 11.7. The van der Waals surface area contributed by atoms with Crippen molar-refractivity contribution in [1.82, 2.24) is 0 Å². The van der Waals surface area contributed by atoms with E-state index in [9.17, 15) is 10.2 Å². The van der Waals surface area contributed by atoms with Crippen LogP contribution >= 0.6 is 23.2 Å². The maximum atomic E-state index is 9.87. The number of halogens is 2. The van der Waals surface area contributed by atoms with Crippen LogP contribution in [0.4, 0.5) is 0 Å². The van der Waals surface area contributed by atoms with E-state index in [1.807, 2.05) is 37.3 Å². The first kappa shape index (κ1) is 16.3. The van der Waals surface area contributed by atoms with Crippen molar-refractivity contribution in [1.29, 1.82) is 0 Å². The second-order valence-corrected chi connectivity index (χ2v) is 6.22. The lowest BCUT2D eigenvalue weighted by molar-refractivity contribution is 0.116. The van der Waals surface area contributed by atoms with Gasteiger partial charge in [-0.1, -0.05) is 47.5 Å². The third-order valence-electron chi connectivity index (χ3n) is 3.80. The van der Waals surface area contributed by atoms with Gasteiger partial charge in [0, 0.05) is 15.5 Å². The fourth-order valence-corrected chi connectivity index (χ4v) is 2.84. The van der Waals surface area contributed by atoms with Gasteiger partial charge in [-0.25, -0.2) is 0 Å². The average Bonchev–Trinajstić information content (AvgIpc) is 2.48. The van der Waals surface area contributed by atoms with Crippen LogP contribution < -0.4 is 0 Å². The van der Waals surface area contributed by atoms with Crippen molar-refractivity contribution in [2.45, 2.75) is 18.8 Å². The first-order chi connectivity index (χ1) is 10.0. The largest absolute Gasteiger partial charge is 0.395 e. The fourth-order valence-electron chi connectivity index (χ4n) is 2.41. The molecule has 2 nitrogen and oxygen atoms in total. The monoisotopic (exact) mass is 324 g/mol. The summed E-state index contributed by atoms with van der Waals surface area (Å²) in [5.74, 6) is 0. The van der Waals surface area contributed by atoms with Gasteiger partial charge in [-0.3, -0.25) is 0 Å². The van der Waals surface area contributed by atoms with Crippen molar-refractivity contribution >= 4 is 23.2 Å². The Balaban J connectivity index is 2.40. The quantitative estimate of drug-likeness (QED) is 0.879. The Hall–Kier alpha value is -1.06. The summed E-state index contributed by atoms with van der Waals surface area (Å²) < 4.78 is 0. The highest BCUT2D eigenvalue weighted by molar-refractivity contribution is 6.31. The highest BCUT2D eigenvalue weighted by Gasteiger charge is 2.32. The van der Waals surface area contributed by atoms with Gasteiger partial charge in [0.1, 0.15) is 0 Å². The molecule has 0 saturated heterocycles. The number of aliphatic hydroxyl groups excluding tert-OH is 2. The topological polar surface area (TPSA) is 40.5 Å². The van der Waals surface area contributed by atoms with E-state index in [4.69, 9.17) is 23.2 Å². The molecule has 0 radical (unpaired) electrons. The van der Waals surface area contributed by atoms with Crippen molar-refractivity contribution in [3.8, 4) is 0 Å². The van der Waals surface area contributed by atoms with Gasteiger partial charge in [0.05, 0.1) is 13.2 Å². The molecule has 0 amide bonds. The van der Waals surface area contributed by atoms with Crippen molar-refractivity contribution in [3.63, 3.8) is 0 Å². The summed E-state index contributed by atoms with van der Waals surface area (Å²) in [5.41, 5.74) is 2.05. The van der Waals surface area contributed by atoms with Crippen LogP contribution in [0.25, 0.3) is 0 Å². The lowest BCUT2D eigenvalue weighted by atomic mass is 9.77. The van der Waals surface area contributed by atoms with Crippen molar-refractivity contribution in [2.75, 3.05) is 13.2 Å². The van der Waals surface area contributed by atoms with E-state index in [0.717, 1.165) is 16.7 Å². The molecule has 0 aliphatic rings. The number of aryl methyl sites for hydroxylation is 1. The predicted octanol–water partition coefficient (Wildman–Crippen LogP) is 3.77. The average molecular weight is 325 g/mol. The van der Waals surface area contributed by atoms with Crippen LogP contribution in [0.2, 0.25) is 10.0 Å². The molecule has 112 valence electrons. The van der Waals surface area contributed by atoms with Crippen LogP contribution in [0.3, 0.4) is 0 Å². The number of hydrogen-bond acceptors (Lipinski definition) is 2. The molecule has 2 aromatic carbocycles. The van der Waals surface area contributed by atoms with Gasteiger partial charge in [-0.15, -0.1) is 0 Å². The van der Waals surface area contributed by atoms with E-state index >= 15 is 0 Å². The van der Waals surface area contributed by atoms with Gasteiger partial charge < -0.3 is 10.2 Å². The Morgan fingerprint density at radius 2 is 1.57 bits per heavy atom. The van der Waals surface area contributed by atoms with E-state index < -0.39 is 5.41 Å². The minimum absolute atomic E-state index is 0.171. The Morgan fingerprint density at radius 3 is 2.10 bits per heavy atom. The lowest BCUT2D eigenvalue weighted by Crippen LogP contribution is -2.37. The molecule has 2 aromatic rings. The molecule has 0 aliphatic carbocycles. The molecular weight excluding hydrogens is 307 g/mol. The van der Waals surface area contributed by atoms with Gasteiger partial charge in [0.2, 0.25) is 0 Å². The van der Waals surface area contributed by atoms with Crippen molar-refractivity contribution < 1.29 is 10.2 Å². The summed E-state index contributed by atoms with van der Waals surface area (Å²) in [6.07, 6.45) is 0.459. The highest BCUT2D eigenvalue weighted by Crippen LogP contribution is 2.31. The summed E-state index contributed by atoms with van der Waals surface area (Å²) in [6.45, 7) is 1.63. The zero-order chi connectivity index (χ0) is 15.5. The molecule has 0 fully saturated rings. The van der Waals surface area contributed by atoms with Crippen molar-refractivity contribution in [2.24, 2.45) is 0 Å². The van der Waals surface area contributed by atoms with Crippen molar-refractivity contribution in [3.05, 3.63) is 69.2 Å². The molecule has 0 bridgehead atoms. The van der Waals surface area contributed by atoms with Crippen LogP contribution in [-0.2, 0) is 11.8 Å². The second-order valence-electron chi connectivity index (χ2n) is 5.38. The summed E-state index contributed by atoms with van der Waals surface area (Å²) >= 11 is 12.2. The summed E-state index contributed by atoms with van der Waals surface area (Å²) in [5, 5.41) is 21.0. The Kier molecular flexibility index (Phi) is 5.28. The van der Waals surface area contributed by atoms with E-state index in [2.05, 4.69) is 0 Å². The predicted molar refractivity (Wildman–Crippen MR) is 87.2 cm³/mol. The minimum Gasteiger partial charge on any atom is -0.395 e. The van der Waals surface area contributed by atoms with Gasteiger partial charge in [0.25, 0.3) is 0 Å².